The van der Waals surface area contributed by atoms with Gasteiger partial charge in [-0.2, -0.15) is 4.31 Å². The lowest BCUT2D eigenvalue weighted by Crippen LogP contribution is -2.32. The predicted molar refractivity (Wildman–Crippen MR) is 99.2 cm³/mol. The molecular weight excluding hydrogens is 336 g/mol. The van der Waals surface area contributed by atoms with Gasteiger partial charge in [0.25, 0.3) is 0 Å². The van der Waals surface area contributed by atoms with Gasteiger partial charge in [-0.15, -0.1) is 0 Å². The number of pyridine rings is 1. The second kappa shape index (κ2) is 9.53. The van der Waals surface area contributed by atoms with Gasteiger partial charge in [-0.3, -0.25) is 4.98 Å². The molecule has 0 amide bonds. The van der Waals surface area contributed by atoms with Crippen LogP contribution in [0.2, 0.25) is 0 Å². The maximum Gasteiger partial charge on any atom is 0.243 e. The number of unbranched alkanes of at least 4 members (excludes halogenated alkanes) is 1. The molecule has 0 saturated heterocycles. The van der Waals surface area contributed by atoms with Gasteiger partial charge >= 0.3 is 0 Å². The minimum atomic E-state index is -3.51. The molecule has 0 unspecified atom stereocenters. The van der Waals surface area contributed by atoms with Crippen molar-refractivity contribution in [1.82, 2.24) is 9.29 Å². The molecule has 0 radical (unpaired) electrons. The topological polar surface area (TPSA) is 59.5 Å². The van der Waals surface area contributed by atoms with Crippen LogP contribution in [-0.4, -0.2) is 37.4 Å². The molecule has 0 N–H and O–H groups in total. The van der Waals surface area contributed by atoms with Crippen molar-refractivity contribution in [3.63, 3.8) is 0 Å². The molecular formula is C19H26N2O3S. The van der Waals surface area contributed by atoms with Crippen molar-refractivity contribution in [2.45, 2.75) is 38.0 Å². The van der Waals surface area contributed by atoms with E-state index in [1.165, 1.54) is 4.31 Å². The number of ether oxygens (including phenoxy) is 1. The van der Waals surface area contributed by atoms with Gasteiger partial charge in [0.15, 0.2) is 0 Å². The maximum absolute atomic E-state index is 12.8. The fraction of sp³-hybridized carbons (Fsp3) is 0.421. The average Bonchev–Trinajstić information content (AvgIpc) is 2.63. The maximum atomic E-state index is 12.8. The molecule has 0 aliphatic rings. The second-order valence-electron chi connectivity index (χ2n) is 5.74. The molecule has 0 bridgehead atoms. The fourth-order valence-corrected chi connectivity index (χ4v) is 3.87. The van der Waals surface area contributed by atoms with E-state index in [0.29, 0.717) is 36.8 Å². The van der Waals surface area contributed by atoms with Crippen LogP contribution >= 0.6 is 0 Å². The third-order valence-electron chi connectivity index (χ3n) is 3.92. The van der Waals surface area contributed by atoms with Gasteiger partial charge in [0.2, 0.25) is 10.0 Å². The number of nitrogens with zero attached hydrogens (tertiary/aromatic N) is 2. The quantitative estimate of drug-likeness (QED) is 0.607. The van der Waals surface area contributed by atoms with E-state index in [4.69, 9.17) is 4.74 Å². The molecule has 2 aromatic rings. The summed E-state index contributed by atoms with van der Waals surface area (Å²) in [7, 11) is -3.51. The zero-order chi connectivity index (χ0) is 18.1. The molecule has 0 atom stereocenters. The summed E-state index contributed by atoms with van der Waals surface area (Å²) in [4.78, 5) is 4.54. The number of hydrogen-bond donors (Lipinski definition) is 0. The Morgan fingerprint density at radius 1 is 1.08 bits per heavy atom. The average molecular weight is 362 g/mol. The molecule has 1 aromatic carbocycles. The number of hydrogen-bond acceptors (Lipinski definition) is 4. The number of aromatic nitrogens is 1. The molecule has 0 fully saturated rings. The predicted octanol–water partition coefficient (Wildman–Crippen LogP) is 3.51. The summed E-state index contributed by atoms with van der Waals surface area (Å²) < 4.78 is 32.7. The van der Waals surface area contributed by atoms with E-state index in [1.54, 1.807) is 30.5 Å². The summed E-state index contributed by atoms with van der Waals surface area (Å²) in [5.74, 6) is 0.698. The van der Waals surface area contributed by atoms with Crippen molar-refractivity contribution in [2.75, 3.05) is 19.7 Å². The highest BCUT2D eigenvalue weighted by Gasteiger charge is 2.22. The van der Waals surface area contributed by atoms with Gasteiger partial charge < -0.3 is 4.74 Å². The molecule has 1 heterocycles. The van der Waals surface area contributed by atoms with Crippen LogP contribution in [0.3, 0.4) is 0 Å². The van der Waals surface area contributed by atoms with Crippen molar-refractivity contribution in [3.05, 3.63) is 54.4 Å². The molecule has 1 aromatic heterocycles. The third-order valence-corrected chi connectivity index (χ3v) is 5.91. The van der Waals surface area contributed by atoms with Crippen LogP contribution in [-0.2, 0) is 16.4 Å². The van der Waals surface area contributed by atoms with Crippen LogP contribution in [0.15, 0.2) is 53.6 Å². The zero-order valence-corrected chi connectivity index (χ0v) is 15.7. The summed E-state index contributed by atoms with van der Waals surface area (Å²) in [5.41, 5.74) is 0.885. The largest absolute Gasteiger partial charge is 0.494 e. The molecule has 0 spiro atoms. The molecule has 0 aliphatic heterocycles. The summed E-state index contributed by atoms with van der Waals surface area (Å²) in [6.45, 7) is 5.42. The van der Waals surface area contributed by atoms with E-state index < -0.39 is 10.0 Å². The number of likely N-dealkylation sites (N-methyl/N-ethyl adjacent to an activating group) is 1. The first kappa shape index (κ1) is 19.4. The lowest BCUT2D eigenvalue weighted by Gasteiger charge is -2.20. The Morgan fingerprint density at radius 2 is 1.84 bits per heavy atom. The molecule has 6 heteroatoms. The summed E-state index contributed by atoms with van der Waals surface area (Å²) >= 11 is 0. The van der Waals surface area contributed by atoms with Gasteiger partial charge in [-0.05, 0) is 42.8 Å². The first-order valence-corrected chi connectivity index (χ1v) is 10.1. The molecule has 5 nitrogen and oxygen atoms in total. The smallest absolute Gasteiger partial charge is 0.243 e. The highest BCUT2D eigenvalue weighted by atomic mass is 32.2. The van der Waals surface area contributed by atoms with Crippen molar-refractivity contribution in [1.29, 1.82) is 0 Å². The highest BCUT2D eigenvalue weighted by molar-refractivity contribution is 7.89. The number of benzene rings is 1. The Balaban J connectivity index is 2.04. The van der Waals surface area contributed by atoms with E-state index in [0.717, 1.165) is 18.5 Å². The molecule has 25 heavy (non-hydrogen) atoms. The number of rotatable bonds is 10. The van der Waals surface area contributed by atoms with Crippen molar-refractivity contribution in [2.24, 2.45) is 0 Å². The van der Waals surface area contributed by atoms with Gasteiger partial charge in [-0.1, -0.05) is 26.3 Å². The van der Waals surface area contributed by atoms with E-state index in [2.05, 4.69) is 11.9 Å². The Kier molecular flexibility index (Phi) is 7.40. The summed E-state index contributed by atoms with van der Waals surface area (Å²) in [5, 5.41) is 0. The summed E-state index contributed by atoms with van der Waals surface area (Å²) in [6.07, 6.45) is 4.36. The first-order valence-electron chi connectivity index (χ1n) is 8.70. The normalized spacial score (nSPS) is 11.6. The molecule has 0 aliphatic carbocycles. The van der Waals surface area contributed by atoms with Gasteiger partial charge in [0.1, 0.15) is 5.75 Å². The Labute approximate surface area is 150 Å². The van der Waals surface area contributed by atoms with Crippen LogP contribution in [0.5, 0.6) is 5.75 Å². The molecule has 136 valence electrons. The van der Waals surface area contributed by atoms with E-state index >= 15 is 0 Å². The molecule has 0 saturated carbocycles. The third kappa shape index (κ3) is 5.54. The minimum Gasteiger partial charge on any atom is -0.494 e. The fourth-order valence-electron chi connectivity index (χ4n) is 2.42. The first-order chi connectivity index (χ1) is 12.1. The van der Waals surface area contributed by atoms with E-state index in [-0.39, 0.29) is 0 Å². The lowest BCUT2D eigenvalue weighted by atomic mass is 10.3. The second-order valence-corrected chi connectivity index (χ2v) is 7.68. The van der Waals surface area contributed by atoms with Crippen LogP contribution < -0.4 is 4.74 Å². The monoisotopic (exact) mass is 362 g/mol. The zero-order valence-electron chi connectivity index (χ0n) is 14.9. The van der Waals surface area contributed by atoms with Crippen LogP contribution in [0.1, 0.15) is 32.4 Å². The van der Waals surface area contributed by atoms with Crippen molar-refractivity contribution >= 4 is 10.0 Å². The van der Waals surface area contributed by atoms with Crippen LogP contribution in [0.25, 0.3) is 0 Å². The highest BCUT2D eigenvalue weighted by Crippen LogP contribution is 2.20. The Bertz CT molecular complexity index is 731. The van der Waals surface area contributed by atoms with E-state index in [1.807, 2.05) is 25.1 Å². The van der Waals surface area contributed by atoms with E-state index in [9.17, 15) is 8.42 Å². The lowest BCUT2D eigenvalue weighted by molar-refractivity contribution is 0.309. The Morgan fingerprint density at radius 3 is 2.44 bits per heavy atom. The standard InChI is InChI=1S/C19H26N2O3S/c1-3-5-16-24-18-9-11-19(12-10-18)25(22,23)21(4-2)15-13-17-8-6-7-14-20-17/h6-12,14H,3-5,13,15-16H2,1-2H3. The minimum absolute atomic E-state index is 0.290. The Hall–Kier alpha value is -1.92. The van der Waals surface area contributed by atoms with Crippen molar-refractivity contribution in [3.8, 4) is 5.75 Å². The molecule has 2 rings (SSSR count). The SMILES string of the molecule is CCCCOc1ccc(S(=O)(=O)N(CC)CCc2ccccn2)cc1. The van der Waals surface area contributed by atoms with Gasteiger partial charge in [0, 0.05) is 31.4 Å². The summed E-state index contributed by atoms with van der Waals surface area (Å²) in [6, 6.07) is 12.3. The van der Waals surface area contributed by atoms with Crippen molar-refractivity contribution < 1.29 is 13.2 Å². The van der Waals surface area contributed by atoms with Gasteiger partial charge in [-0.25, -0.2) is 8.42 Å². The van der Waals surface area contributed by atoms with Crippen LogP contribution in [0.4, 0.5) is 0 Å². The van der Waals surface area contributed by atoms with Gasteiger partial charge in [0.05, 0.1) is 11.5 Å². The van der Waals surface area contributed by atoms with Crippen LogP contribution in [0, 0.1) is 0 Å². The number of sulfonamides is 1.